The predicted molar refractivity (Wildman–Crippen MR) is 66.2 cm³/mol. The van der Waals surface area contributed by atoms with Crippen LogP contribution in [0.5, 0.6) is 0 Å². The number of aromatic nitrogens is 2. The molecule has 18 heavy (non-hydrogen) atoms. The van der Waals surface area contributed by atoms with Crippen LogP contribution in [0.15, 0.2) is 6.20 Å². The summed E-state index contributed by atoms with van der Waals surface area (Å²) in [6.45, 7) is 6.28. The Morgan fingerprint density at radius 2 is 2.17 bits per heavy atom. The first-order valence-electron chi connectivity index (χ1n) is 6.05. The third-order valence-corrected chi connectivity index (χ3v) is 2.47. The maximum absolute atomic E-state index is 12.2. The summed E-state index contributed by atoms with van der Waals surface area (Å²) >= 11 is 0. The van der Waals surface area contributed by atoms with E-state index in [4.69, 9.17) is 4.74 Å². The summed E-state index contributed by atoms with van der Waals surface area (Å²) in [6, 6.07) is 0. The van der Waals surface area contributed by atoms with Crippen LogP contribution >= 0.6 is 0 Å². The quantitative estimate of drug-likeness (QED) is 0.771. The maximum Gasteiger partial charge on any atom is 0.325 e. The second-order valence-electron chi connectivity index (χ2n) is 3.94. The average Bonchev–Trinajstić information content (AvgIpc) is 2.74. The lowest BCUT2D eigenvalue weighted by Crippen LogP contribution is -2.37. The van der Waals surface area contributed by atoms with Gasteiger partial charge in [0, 0.05) is 12.2 Å². The number of aromatic amines is 1. The second kappa shape index (κ2) is 6.78. The zero-order valence-corrected chi connectivity index (χ0v) is 11.0. The molecule has 0 atom stereocenters. The average molecular weight is 253 g/mol. The van der Waals surface area contributed by atoms with E-state index < -0.39 is 0 Å². The van der Waals surface area contributed by atoms with Crippen molar-refractivity contribution in [2.45, 2.75) is 27.2 Å². The van der Waals surface area contributed by atoms with Crippen LogP contribution < -0.4 is 0 Å². The molecular formula is C12H19N3O3. The van der Waals surface area contributed by atoms with E-state index in [1.807, 2.05) is 6.92 Å². The SMILES string of the molecule is CCCN(CC(=O)OCC)C(=O)c1cn[nH]c1C. The van der Waals surface area contributed by atoms with Gasteiger partial charge in [0.2, 0.25) is 0 Å². The number of nitrogens with one attached hydrogen (secondary N) is 1. The van der Waals surface area contributed by atoms with E-state index in [9.17, 15) is 9.59 Å². The number of carbonyl (C=O) groups is 2. The minimum absolute atomic E-state index is 0.0227. The number of esters is 1. The lowest BCUT2D eigenvalue weighted by Gasteiger charge is -2.20. The van der Waals surface area contributed by atoms with Gasteiger partial charge >= 0.3 is 5.97 Å². The summed E-state index contributed by atoms with van der Waals surface area (Å²) in [6.07, 6.45) is 2.26. The molecule has 0 aliphatic carbocycles. The van der Waals surface area contributed by atoms with Crippen molar-refractivity contribution in [2.24, 2.45) is 0 Å². The topological polar surface area (TPSA) is 75.3 Å². The molecular weight excluding hydrogens is 234 g/mol. The molecule has 0 aliphatic rings. The number of carbonyl (C=O) groups excluding carboxylic acids is 2. The standard InChI is InChI=1S/C12H19N3O3/c1-4-6-15(8-11(16)18-5-2)12(17)10-7-13-14-9(10)3/h7H,4-6,8H2,1-3H3,(H,13,14). The Morgan fingerprint density at radius 3 is 2.67 bits per heavy atom. The van der Waals surface area contributed by atoms with Crippen LogP contribution in [0.25, 0.3) is 0 Å². The predicted octanol–water partition coefficient (Wildman–Crippen LogP) is 1.13. The number of nitrogens with zero attached hydrogens (tertiary/aromatic N) is 2. The fraction of sp³-hybridized carbons (Fsp3) is 0.583. The maximum atomic E-state index is 12.2. The Kier molecular flexibility index (Phi) is 5.35. The molecule has 0 aromatic carbocycles. The van der Waals surface area contributed by atoms with E-state index in [0.717, 1.165) is 6.42 Å². The monoisotopic (exact) mass is 253 g/mol. The van der Waals surface area contributed by atoms with Crippen molar-refractivity contribution >= 4 is 11.9 Å². The highest BCUT2D eigenvalue weighted by Crippen LogP contribution is 2.08. The third-order valence-electron chi connectivity index (χ3n) is 2.47. The van der Waals surface area contributed by atoms with Crippen molar-refractivity contribution in [3.63, 3.8) is 0 Å². The number of hydrogen-bond acceptors (Lipinski definition) is 4. The molecule has 0 saturated heterocycles. The molecule has 0 spiro atoms. The summed E-state index contributed by atoms with van der Waals surface area (Å²) < 4.78 is 4.86. The van der Waals surface area contributed by atoms with Crippen LogP contribution in [0.2, 0.25) is 0 Å². The lowest BCUT2D eigenvalue weighted by molar-refractivity contribution is -0.143. The summed E-state index contributed by atoms with van der Waals surface area (Å²) in [4.78, 5) is 25.1. The van der Waals surface area contributed by atoms with Crippen molar-refractivity contribution in [1.82, 2.24) is 15.1 Å². The molecule has 0 aliphatic heterocycles. The summed E-state index contributed by atoms with van der Waals surface area (Å²) in [5.74, 6) is -0.586. The zero-order valence-electron chi connectivity index (χ0n) is 11.0. The van der Waals surface area contributed by atoms with Gasteiger partial charge < -0.3 is 9.64 Å². The van der Waals surface area contributed by atoms with Gasteiger partial charge in [0.25, 0.3) is 5.91 Å². The molecule has 1 rings (SSSR count). The Balaban J connectivity index is 2.75. The second-order valence-corrected chi connectivity index (χ2v) is 3.94. The van der Waals surface area contributed by atoms with Crippen LogP contribution in [0.1, 0.15) is 36.3 Å². The highest BCUT2D eigenvalue weighted by atomic mass is 16.5. The first-order chi connectivity index (χ1) is 8.60. The molecule has 0 radical (unpaired) electrons. The zero-order chi connectivity index (χ0) is 13.5. The van der Waals surface area contributed by atoms with Crippen molar-refractivity contribution in [3.8, 4) is 0 Å². The van der Waals surface area contributed by atoms with Crippen LogP contribution in [-0.2, 0) is 9.53 Å². The first kappa shape index (κ1) is 14.2. The summed E-state index contributed by atoms with van der Waals surface area (Å²) in [5.41, 5.74) is 1.19. The molecule has 0 bridgehead atoms. The molecule has 6 nitrogen and oxygen atoms in total. The highest BCUT2D eigenvalue weighted by Gasteiger charge is 2.21. The fourth-order valence-electron chi connectivity index (χ4n) is 1.62. The first-order valence-corrected chi connectivity index (χ1v) is 6.05. The van der Waals surface area contributed by atoms with E-state index in [1.54, 1.807) is 13.8 Å². The molecule has 1 N–H and O–H groups in total. The fourth-order valence-corrected chi connectivity index (χ4v) is 1.62. The van der Waals surface area contributed by atoms with Crippen LogP contribution in [0, 0.1) is 6.92 Å². The number of rotatable bonds is 6. The highest BCUT2D eigenvalue weighted by molar-refractivity contribution is 5.96. The van der Waals surface area contributed by atoms with Gasteiger partial charge in [-0.25, -0.2) is 0 Å². The van der Waals surface area contributed by atoms with Gasteiger partial charge in [0.1, 0.15) is 6.54 Å². The third kappa shape index (κ3) is 3.58. The van der Waals surface area contributed by atoms with E-state index >= 15 is 0 Å². The minimum atomic E-state index is -0.388. The van der Waals surface area contributed by atoms with Crippen LogP contribution in [0.4, 0.5) is 0 Å². The lowest BCUT2D eigenvalue weighted by atomic mass is 10.2. The van der Waals surface area contributed by atoms with Gasteiger partial charge in [-0.2, -0.15) is 5.10 Å². The minimum Gasteiger partial charge on any atom is -0.465 e. The summed E-state index contributed by atoms with van der Waals surface area (Å²) in [7, 11) is 0. The molecule has 6 heteroatoms. The molecule has 1 heterocycles. The number of ether oxygens (including phenoxy) is 1. The number of aryl methyl sites for hydroxylation is 1. The molecule has 1 amide bonds. The molecule has 0 saturated carbocycles. The van der Waals surface area contributed by atoms with Gasteiger partial charge in [0.05, 0.1) is 18.4 Å². The Bertz CT molecular complexity index is 414. The normalized spacial score (nSPS) is 10.2. The van der Waals surface area contributed by atoms with Gasteiger partial charge in [-0.1, -0.05) is 6.92 Å². The molecule has 1 aromatic heterocycles. The van der Waals surface area contributed by atoms with Gasteiger partial charge in [-0.05, 0) is 20.3 Å². The van der Waals surface area contributed by atoms with E-state index in [2.05, 4.69) is 10.2 Å². The van der Waals surface area contributed by atoms with Gasteiger partial charge in [-0.3, -0.25) is 14.7 Å². The summed E-state index contributed by atoms with van der Waals surface area (Å²) in [5, 5.41) is 6.52. The number of amides is 1. The van der Waals surface area contributed by atoms with Gasteiger partial charge in [0.15, 0.2) is 0 Å². The Hall–Kier alpha value is -1.85. The van der Waals surface area contributed by atoms with Crippen LogP contribution in [-0.4, -0.2) is 46.7 Å². The van der Waals surface area contributed by atoms with E-state index in [-0.39, 0.29) is 18.4 Å². The number of H-pyrrole nitrogens is 1. The van der Waals surface area contributed by atoms with Crippen molar-refractivity contribution in [3.05, 3.63) is 17.5 Å². The number of hydrogen-bond donors (Lipinski definition) is 1. The Labute approximate surface area is 106 Å². The molecule has 100 valence electrons. The van der Waals surface area contributed by atoms with Gasteiger partial charge in [-0.15, -0.1) is 0 Å². The molecule has 0 fully saturated rings. The molecule has 1 aromatic rings. The van der Waals surface area contributed by atoms with Crippen molar-refractivity contribution in [2.75, 3.05) is 19.7 Å². The van der Waals surface area contributed by atoms with E-state index in [1.165, 1.54) is 11.1 Å². The largest absolute Gasteiger partial charge is 0.465 e. The van der Waals surface area contributed by atoms with Crippen molar-refractivity contribution in [1.29, 1.82) is 0 Å². The Morgan fingerprint density at radius 1 is 1.44 bits per heavy atom. The van der Waals surface area contributed by atoms with E-state index in [0.29, 0.717) is 24.4 Å². The molecule has 0 unspecified atom stereocenters. The van der Waals surface area contributed by atoms with Crippen molar-refractivity contribution < 1.29 is 14.3 Å². The van der Waals surface area contributed by atoms with Crippen LogP contribution in [0.3, 0.4) is 0 Å². The smallest absolute Gasteiger partial charge is 0.325 e.